The Hall–Kier alpha value is -1.59. The first-order chi connectivity index (χ1) is 8.56. The molecule has 3 N–H and O–H groups in total. The molecule has 106 valence electrons. The van der Waals surface area contributed by atoms with Gasteiger partial charge in [0.1, 0.15) is 6.04 Å². The first-order valence-corrected chi connectivity index (χ1v) is 5.72. The Morgan fingerprint density at radius 3 is 2.42 bits per heavy atom. The summed E-state index contributed by atoms with van der Waals surface area (Å²) in [6, 6.07) is 8.34. The van der Waals surface area contributed by atoms with E-state index in [0.717, 1.165) is 5.56 Å². The second kappa shape index (κ2) is 8.50. The van der Waals surface area contributed by atoms with E-state index in [4.69, 9.17) is 5.73 Å². The lowest BCUT2D eigenvalue weighted by molar-refractivity contribution is -0.144. The fourth-order valence-electron chi connectivity index (χ4n) is 1.46. The third-order valence-electron chi connectivity index (χ3n) is 2.63. The monoisotopic (exact) mass is 286 g/mol. The molecule has 0 spiro atoms. The average Bonchev–Trinajstić information content (AvgIpc) is 2.43. The highest BCUT2D eigenvalue weighted by Gasteiger charge is 2.18. The van der Waals surface area contributed by atoms with Crippen molar-refractivity contribution in [3.05, 3.63) is 35.9 Å². The van der Waals surface area contributed by atoms with Crippen LogP contribution in [-0.4, -0.2) is 25.5 Å². The van der Waals surface area contributed by atoms with Gasteiger partial charge in [0.25, 0.3) is 0 Å². The van der Waals surface area contributed by atoms with Gasteiger partial charge in [-0.15, -0.1) is 12.4 Å². The highest BCUT2D eigenvalue weighted by molar-refractivity contribution is 5.85. The van der Waals surface area contributed by atoms with Gasteiger partial charge in [-0.1, -0.05) is 37.3 Å². The molecule has 1 aromatic rings. The standard InChI is InChI=1S/C13H18N2O3.ClH/c1-9(13(17)18-2)8-15-12(16)11(14)10-6-4-3-5-7-10;/h3-7,9,11H,8,14H2,1-2H3,(H,15,16);1H. The largest absolute Gasteiger partial charge is 0.469 e. The SMILES string of the molecule is COC(=O)C(C)CNC(=O)C(N)c1ccccc1.Cl. The van der Waals surface area contributed by atoms with Crippen LogP contribution in [0.4, 0.5) is 0 Å². The van der Waals surface area contributed by atoms with E-state index in [0.29, 0.717) is 0 Å². The van der Waals surface area contributed by atoms with Gasteiger partial charge in [0.2, 0.25) is 5.91 Å². The minimum absolute atomic E-state index is 0. The maximum Gasteiger partial charge on any atom is 0.310 e. The number of esters is 1. The second-order valence-corrected chi connectivity index (χ2v) is 4.06. The molecule has 0 aromatic heterocycles. The summed E-state index contributed by atoms with van der Waals surface area (Å²) in [5, 5.41) is 2.63. The van der Waals surface area contributed by atoms with Crippen LogP contribution in [0.25, 0.3) is 0 Å². The fourth-order valence-corrected chi connectivity index (χ4v) is 1.46. The number of benzene rings is 1. The van der Waals surface area contributed by atoms with Crippen molar-refractivity contribution < 1.29 is 14.3 Å². The van der Waals surface area contributed by atoms with Crippen molar-refractivity contribution in [2.75, 3.05) is 13.7 Å². The van der Waals surface area contributed by atoms with Crippen LogP contribution in [0.2, 0.25) is 0 Å². The Balaban J connectivity index is 0.00000324. The third-order valence-corrected chi connectivity index (χ3v) is 2.63. The molecule has 0 saturated heterocycles. The molecular formula is C13H19ClN2O3. The summed E-state index contributed by atoms with van der Waals surface area (Å²) in [4.78, 5) is 22.9. The third kappa shape index (κ3) is 5.28. The van der Waals surface area contributed by atoms with Gasteiger partial charge in [-0.05, 0) is 5.56 Å². The molecule has 0 aliphatic carbocycles. The molecule has 0 aliphatic rings. The lowest BCUT2D eigenvalue weighted by Gasteiger charge is -2.14. The molecule has 0 saturated carbocycles. The summed E-state index contributed by atoms with van der Waals surface area (Å²) >= 11 is 0. The van der Waals surface area contributed by atoms with E-state index in [1.165, 1.54) is 7.11 Å². The highest BCUT2D eigenvalue weighted by atomic mass is 35.5. The van der Waals surface area contributed by atoms with Gasteiger partial charge in [-0.3, -0.25) is 9.59 Å². The Bertz CT molecular complexity index is 412. The summed E-state index contributed by atoms with van der Waals surface area (Å²) in [7, 11) is 1.32. The molecule has 19 heavy (non-hydrogen) atoms. The predicted molar refractivity (Wildman–Crippen MR) is 74.8 cm³/mol. The normalized spacial score (nSPS) is 12.8. The quantitative estimate of drug-likeness (QED) is 0.792. The lowest BCUT2D eigenvalue weighted by atomic mass is 10.1. The Morgan fingerprint density at radius 2 is 1.89 bits per heavy atom. The van der Waals surface area contributed by atoms with Crippen LogP contribution in [0, 0.1) is 5.92 Å². The van der Waals surface area contributed by atoms with E-state index in [1.807, 2.05) is 18.2 Å². The van der Waals surface area contributed by atoms with Gasteiger partial charge in [0, 0.05) is 6.54 Å². The second-order valence-electron chi connectivity index (χ2n) is 4.06. The predicted octanol–water partition coefficient (Wildman–Crippen LogP) is 1.03. The smallest absolute Gasteiger partial charge is 0.310 e. The number of rotatable bonds is 5. The Morgan fingerprint density at radius 1 is 1.32 bits per heavy atom. The lowest BCUT2D eigenvalue weighted by Crippen LogP contribution is -2.38. The number of nitrogens with one attached hydrogen (secondary N) is 1. The molecule has 0 aliphatic heterocycles. The van der Waals surface area contributed by atoms with E-state index in [2.05, 4.69) is 10.1 Å². The zero-order valence-electron chi connectivity index (χ0n) is 11.0. The molecule has 6 heteroatoms. The van der Waals surface area contributed by atoms with E-state index >= 15 is 0 Å². The molecule has 5 nitrogen and oxygen atoms in total. The summed E-state index contributed by atoms with van der Waals surface area (Å²) in [6.45, 7) is 1.90. The zero-order valence-corrected chi connectivity index (χ0v) is 11.8. The minimum atomic E-state index is -0.726. The minimum Gasteiger partial charge on any atom is -0.469 e. The molecule has 2 atom stereocenters. The van der Waals surface area contributed by atoms with Crippen molar-refractivity contribution in [1.82, 2.24) is 5.32 Å². The molecule has 0 bridgehead atoms. The highest BCUT2D eigenvalue weighted by Crippen LogP contribution is 2.09. The molecule has 0 radical (unpaired) electrons. The number of carbonyl (C=O) groups is 2. The number of hydrogen-bond donors (Lipinski definition) is 2. The summed E-state index contributed by atoms with van der Waals surface area (Å²) in [6.07, 6.45) is 0. The molecule has 1 amide bonds. The number of nitrogens with two attached hydrogens (primary N) is 1. The van der Waals surface area contributed by atoms with Crippen LogP contribution < -0.4 is 11.1 Å². The van der Waals surface area contributed by atoms with Crippen LogP contribution in [0.3, 0.4) is 0 Å². The summed E-state index contributed by atoms with van der Waals surface area (Å²) in [5.74, 6) is -1.05. The van der Waals surface area contributed by atoms with Crippen LogP contribution in [-0.2, 0) is 14.3 Å². The number of methoxy groups -OCH3 is 1. The fraction of sp³-hybridized carbons (Fsp3) is 0.385. The van der Waals surface area contributed by atoms with Gasteiger partial charge in [0.05, 0.1) is 13.0 Å². The maximum absolute atomic E-state index is 11.8. The summed E-state index contributed by atoms with van der Waals surface area (Å²) < 4.78 is 4.57. The van der Waals surface area contributed by atoms with E-state index in [1.54, 1.807) is 19.1 Å². The molecule has 0 heterocycles. The van der Waals surface area contributed by atoms with Crippen molar-refractivity contribution in [3.8, 4) is 0 Å². The molecule has 1 rings (SSSR count). The Kier molecular flexibility index (Phi) is 7.79. The van der Waals surface area contributed by atoms with Crippen LogP contribution in [0.5, 0.6) is 0 Å². The summed E-state index contributed by atoms with van der Waals surface area (Å²) in [5.41, 5.74) is 6.54. The number of halogens is 1. The van der Waals surface area contributed by atoms with Gasteiger partial charge in [-0.25, -0.2) is 0 Å². The topological polar surface area (TPSA) is 81.4 Å². The first-order valence-electron chi connectivity index (χ1n) is 5.72. The van der Waals surface area contributed by atoms with Crippen molar-refractivity contribution >= 4 is 24.3 Å². The van der Waals surface area contributed by atoms with Crippen LogP contribution in [0.1, 0.15) is 18.5 Å². The van der Waals surface area contributed by atoms with Crippen molar-refractivity contribution in [1.29, 1.82) is 0 Å². The van der Waals surface area contributed by atoms with E-state index in [9.17, 15) is 9.59 Å². The van der Waals surface area contributed by atoms with Crippen molar-refractivity contribution in [2.45, 2.75) is 13.0 Å². The van der Waals surface area contributed by atoms with Crippen LogP contribution >= 0.6 is 12.4 Å². The Labute approximate surface area is 118 Å². The number of carbonyl (C=O) groups excluding carboxylic acids is 2. The number of hydrogen-bond acceptors (Lipinski definition) is 4. The van der Waals surface area contributed by atoms with Gasteiger partial charge in [-0.2, -0.15) is 0 Å². The number of amides is 1. The van der Waals surface area contributed by atoms with Gasteiger partial charge in [0.15, 0.2) is 0 Å². The molecule has 2 unspecified atom stereocenters. The first kappa shape index (κ1) is 17.4. The van der Waals surface area contributed by atoms with Gasteiger partial charge < -0.3 is 15.8 Å². The average molecular weight is 287 g/mol. The zero-order chi connectivity index (χ0) is 13.5. The van der Waals surface area contributed by atoms with Crippen LogP contribution in [0.15, 0.2) is 30.3 Å². The molecule has 0 fully saturated rings. The van der Waals surface area contributed by atoms with E-state index < -0.39 is 6.04 Å². The van der Waals surface area contributed by atoms with Crippen molar-refractivity contribution in [3.63, 3.8) is 0 Å². The number of ether oxygens (including phenoxy) is 1. The van der Waals surface area contributed by atoms with Crippen molar-refractivity contribution in [2.24, 2.45) is 11.7 Å². The van der Waals surface area contributed by atoms with E-state index in [-0.39, 0.29) is 36.7 Å². The molecule has 1 aromatic carbocycles. The maximum atomic E-state index is 11.8. The molecular weight excluding hydrogens is 268 g/mol. The van der Waals surface area contributed by atoms with Gasteiger partial charge >= 0.3 is 5.97 Å².